The zero-order valence-electron chi connectivity index (χ0n) is 16.2. The molecule has 0 aromatic heterocycles. The fourth-order valence-electron chi connectivity index (χ4n) is 3.04. The number of benzene rings is 1. The van der Waals surface area contributed by atoms with Crippen LogP contribution in [0.5, 0.6) is 17.2 Å². The summed E-state index contributed by atoms with van der Waals surface area (Å²) in [7, 11) is 1.54. The van der Waals surface area contributed by atoms with E-state index >= 15 is 0 Å². The van der Waals surface area contributed by atoms with Gasteiger partial charge in [0.15, 0.2) is 23.1 Å². The molecule has 1 N–H and O–H groups in total. The van der Waals surface area contributed by atoms with Gasteiger partial charge in [-0.1, -0.05) is 13.8 Å². The number of hydrogen-bond acceptors (Lipinski definition) is 7. The molecule has 1 aromatic rings. The molecule has 146 valence electrons. The predicted molar refractivity (Wildman–Crippen MR) is 94.5 cm³/mol. The lowest BCUT2D eigenvalue weighted by Gasteiger charge is -2.29. The maximum atomic E-state index is 11.7. The van der Waals surface area contributed by atoms with E-state index in [0.717, 1.165) is 5.56 Å². The van der Waals surface area contributed by atoms with Gasteiger partial charge in [0.2, 0.25) is 12.5 Å². The Hall–Kier alpha value is -1.83. The molecular weight excluding hydrogens is 340 g/mol. The van der Waals surface area contributed by atoms with Crippen LogP contribution in [-0.4, -0.2) is 42.8 Å². The summed E-state index contributed by atoms with van der Waals surface area (Å²) in [5.41, 5.74) is 0.760. The fourth-order valence-corrected chi connectivity index (χ4v) is 3.04. The van der Waals surface area contributed by atoms with Crippen LogP contribution in [-0.2, 0) is 14.3 Å². The van der Waals surface area contributed by atoms with Crippen molar-refractivity contribution in [2.45, 2.75) is 65.1 Å². The molecule has 0 saturated carbocycles. The monoisotopic (exact) mass is 368 g/mol. The third kappa shape index (κ3) is 4.28. The zero-order chi connectivity index (χ0) is 19.5. The highest BCUT2D eigenvalue weighted by molar-refractivity contribution is 5.81. The van der Waals surface area contributed by atoms with Crippen LogP contribution in [0.2, 0.25) is 0 Å². The van der Waals surface area contributed by atoms with Crippen LogP contribution in [0.3, 0.4) is 0 Å². The third-order valence-electron chi connectivity index (χ3n) is 4.10. The second kappa shape index (κ2) is 8.24. The summed E-state index contributed by atoms with van der Waals surface area (Å²) in [5, 5.41) is 10.4. The molecule has 1 saturated heterocycles. The molecular formula is C19H28O7. The van der Waals surface area contributed by atoms with E-state index in [1.165, 1.54) is 6.92 Å². The maximum Gasteiger partial charge on any atom is 0.231 e. The second-order valence-electron chi connectivity index (χ2n) is 6.42. The highest BCUT2D eigenvalue weighted by Crippen LogP contribution is 2.45. The van der Waals surface area contributed by atoms with Crippen molar-refractivity contribution in [1.29, 1.82) is 0 Å². The van der Waals surface area contributed by atoms with Crippen molar-refractivity contribution >= 4 is 5.78 Å². The average Bonchev–Trinajstić information content (AvgIpc) is 3.03. The van der Waals surface area contributed by atoms with E-state index in [4.69, 9.17) is 23.7 Å². The van der Waals surface area contributed by atoms with E-state index in [2.05, 4.69) is 0 Å². The van der Waals surface area contributed by atoms with Gasteiger partial charge in [-0.2, -0.15) is 0 Å². The van der Waals surface area contributed by atoms with E-state index < -0.39 is 24.1 Å². The first-order valence-electron chi connectivity index (χ1n) is 8.82. The van der Waals surface area contributed by atoms with Crippen LogP contribution in [0.1, 0.15) is 52.7 Å². The number of rotatable bonds is 3. The minimum atomic E-state index is -1.03. The first-order valence-corrected chi connectivity index (χ1v) is 8.82. The minimum absolute atomic E-state index is 0.129. The quantitative estimate of drug-likeness (QED) is 0.878. The lowest BCUT2D eigenvalue weighted by molar-refractivity contribution is -0.244. The first kappa shape index (κ1) is 20.5. The van der Waals surface area contributed by atoms with Crippen molar-refractivity contribution in [2.24, 2.45) is 0 Å². The normalized spacial score (nSPS) is 26.3. The van der Waals surface area contributed by atoms with E-state index in [1.54, 1.807) is 33.1 Å². The molecule has 0 radical (unpaired) electrons. The van der Waals surface area contributed by atoms with E-state index in [9.17, 15) is 9.90 Å². The molecule has 7 nitrogen and oxygen atoms in total. The summed E-state index contributed by atoms with van der Waals surface area (Å²) in [5.74, 6) is 0.385. The van der Waals surface area contributed by atoms with Gasteiger partial charge in [-0.25, -0.2) is 0 Å². The molecule has 0 amide bonds. The summed E-state index contributed by atoms with van der Waals surface area (Å²) >= 11 is 0. The van der Waals surface area contributed by atoms with Gasteiger partial charge in [-0.15, -0.1) is 0 Å². The van der Waals surface area contributed by atoms with Gasteiger partial charge < -0.3 is 28.8 Å². The van der Waals surface area contributed by atoms with E-state index in [1.807, 2.05) is 13.8 Å². The van der Waals surface area contributed by atoms with Gasteiger partial charge >= 0.3 is 0 Å². The fraction of sp³-hybridized carbons (Fsp3) is 0.632. The van der Waals surface area contributed by atoms with Crippen molar-refractivity contribution in [3.63, 3.8) is 0 Å². The highest BCUT2D eigenvalue weighted by Gasteiger charge is 2.40. The van der Waals surface area contributed by atoms with Crippen molar-refractivity contribution in [1.82, 2.24) is 0 Å². The highest BCUT2D eigenvalue weighted by atomic mass is 16.7. The molecule has 26 heavy (non-hydrogen) atoms. The number of aliphatic hydroxyl groups excluding tert-OH is 1. The van der Waals surface area contributed by atoms with Crippen LogP contribution in [0.15, 0.2) is 12.1 Å². The number of Topliss-reactive ketones (excluding diaryl/α,β-unsaturated/α-hetero) is 1. The number of methoxy groups -OCH3 is 1. The van der Waals surface area contributed by atoms with Crippen LogP contribution in [0, 0.1) is 0 Å². The van der Waals surface area contributed by atoms with Crippen molar-refractivity contribution < 1.29 is 33.6 Å². The minimum Gasteiger partial charge on any atom is -0.493 e. The van der Waals surface area contributed by atoms with Crippen LogP contribution in [0.4, 0.5) is 0 Å². The Kier molecular flexibility index (Phi) is 6.49. The summed E-state index contributed by atoms with van der Waals surface area (Å²) in [6.07, 6.45) is -2.15. The largest absolute Gasteiger partial charge is 0.493 e. The number of ether oxygens (including phenoxy) is 5. The summed E-state index contributed by atoms with van der Waals surface area (Å²) in [6.45, 7) is 8.97. The number of hydrogen-bond donors (Lipinski definition) is 1. The summed E-state index contributed by atoms with van der Waals surface area (Å²) in [4.78, 5) is 11.7. The standard InChI is InChI=1S/C17H22O7.C2H6/c1-9(18)15-11(19)7-12(23-17(2,3)24-15)10-5-13(20-4)16-14(6-10)21-8-22-16;1-2/h5-6,11-12,15,19H,7-8H2,1-4H3;1-2H3. The number of aliphatic hydroxyl groups is 1. The lowest BCUT2D eigenvalue weighted by atomic mass is 9.98. The molecule has 2 aliphatic rings. The Morgan fingerprint density at radius 3 is 2.54 bits per heavy atom. The van der Waals surface area contributed by atoms with Gasteiger partial charge in [0.25, 0.3) is 0 Å². The SMILES string of the molecule is CC.COc1cc(C2CC(O)C(C(C)=O)OC(C)(C)O2)cc2c1OCO2. The molecule has 2 aliphatic heterocycles. The lowest BCUT2D eigenvalue weighted by Crippen LogP contribution is -2.40. The number of ketones is 1. The Morgan fingerprint density at radius 2 is 1.92 bits per heavy atom. The Morgan fingerprint density at radius 1 is 1.23 bits per heavy atom. The van der Waals surface area contributed by atoms with Crippen LogP contribution >= 0.6 is 0 Å². The average molecular weight is 368 g/mol. The Labute approximate surface area is 154 Å². The van der Waals surface area contributed by atoms with Crippen LogP contribution in [0.25, 0.3) is 0 Å². The molecule has 3 unspecified atom stereocenters. The van der Waals surface area contributed by atoms with Crippen molar-refractivity contribution in [3.8, 4) is 17.2 Å². The van der Waals surface area contributed by atoms with Gasteiger partial charge in [-0.05, 0) is 38.5 Å². The summed E-state index contributed by atoms with van der Waals surface area (Å²) in [6, 6.07) is 3.58. The molecule has 0 bridgehead atoms. The molecule has 1 aromatic carbocycles. The molecule has 0 spiro atoms. The van der Waals surface area contributed by atoms with Gasteiger partial charge in [-0.3, -0.25) is 4.79 Å². The molecule has 0 aliphatic carbocycles. The molecule has 1 fully saturated rings. The number of carbonyl (C=O) groups excluding carboxylic acids is 1. The topological polar surface area (TPSA) is 83.5 Å². The molecule has 3 atom stereocenters. The first-order chi connectivity index (χ1) is 12.3. The van der Waals surface area contributed by atoms with Crippen molar-refractivity contribution in [2.75, 3.05) is 13.9 Å². The molecule has 7 heteroatoms. The predicted octanol–water partition coefficient (Wildman–Crippen LogP) is 2.98. The Balaban J connectivity index is 0.00000117. The number of carbonyl (C=O) groups is 1. The number of fused-ring (bicyclic) bond motifs is 1. The van der Waals surface area contributed by atoms with Gasteiger partial charge in [0.1, 0.15) is 6.10 Å². The Bertz CT molecular complexity index is 641. The van der Waals surface area contributed by atoms with E-state index in [0.29, 0.717) is 17.2 Å². The van der Waals surface area contributed by atoms with Crippen molar-refractivity contribution in [3.05, 3.63) is 17.7 Å². The molecule has 3 rings (SSSR count). The smallest absolute Gasteiger partial charge is 0.231 e. The van der Waals surface area contributed by atoms with Crippen LogP contribution < -0.4 is 14.2 Å². The zero-order valence-corrected chi connectivity index (χ0v) is 16.2. The molecule has 2 heterocycles. The maximum absolute atomic E-state index is 11.7. The summed E-state index contributed by atoms with van der Waals surface area (Å²) < 4.78 is 27.9. The second-order valence-corrected chi connectivity index (χ2v) is 6.42. The van der Waals surface area contributed by atoms with E-state index in [-0.39, 0.29) is 19.0 Å². The van der Waals surface area contributed by atoms with Gasteiger partial charge in [0.05, 0.1) is 19.3 Å². The third-order valence-corrected chi connectivity index (χ3v) is 4.10. The van der Waals surface area contributed by atoms with Gasteiger partial charge in [0, 0.05) is 6.42 Å².